The molecule has 0 fully saturated rings. The molecule has 2 aromatic rings. The van der Waals surface area contributed by atoms with E-state index in [-0.39, 0.29) is 5.91 Å². The highest BCUT2D eigenvalue weighted by Gasteiger charge is 2.30. The predicted octanol–water partition coefficient (Wildman–Crippen LogP) is 1.89. The Morgan fingerprint density at radius 3 is 2.64 bits per heavy atom. The van der Waals surface area contributed by atoms with Gasteiger partial charge in [-0.3, -0.25) is 4.79 Å². The van der Waals surface area contributed by atoms with Crippen LogP contribution in [0.1, 0.15) is 19.4 Å². The highest BCUT2D eigenvalue weighted by Crippen LogP contribution is 2.25. The van der Waals surface area contributed by atoms with Crippen molar-refractivity contribution in [2.75, 3.05) is 12.8 Å². The quantitative estimate of drug-likeness (QED) is 0.843. The fraction of sp³-hybridized carbons (Fsp3) is 0.400. The first-order valence-corrected chi connectivity index (χ1v) is 9.68. The number of rotatable bonds is 6. The number of hydrogen-bond donors (Lipinski definition) is 2. The van der Waals surface area contributed by atoms with E-state index in [0.717, 1.165) is 6.26 Å². The maximum absolute atomic E-state index is 12.1. The van der Waals surface area contributed by atoms with E-state index in [2.05, 4.69) is 27.6 Å². The molecule has 2 N–H and O–H groups in total. The maximum Gasteiger partial charge on any atom is 0.240 e. The monoisotopic (exact) mass is 340 g/mol. The lowest BCUT2D eigenvalue weighted by atomic mass is 10.1. The van der Waals surface area contributed by atoms with E-state index in [1.54, 1.807) is 25.2 Å². The highest BCUT2D eigenvalue weighted by atomic mass is 32.2. The Balaban J connectivity index is 1.95. The van der Waals surface area contributed by atoms with Crippen LogP contribution in [0.5, 0.6) is 0 Å². The molecule has 0 aliphatic carbocycles. The third-order valence-electron chi connectivity index (χ3n) is 3.25. The number of nitrogens with one attached hydrogen (secondary N) is 2. The SMILES string of the molecule is CC(C)(NS(C)(=O)=O)C(=O)NCCc1csc2ccccc12. The van der Waals surface area contributed by atoms with Crippen molar-refractivity contribution in [1.29, 1.82) is 0 Å². The number of benzene rings is 1. The molecule has 1 aromatic heterocycles. The Bertz CT molecular complexity index is 779. The molecule has 0 bridgehead atoms. The predicted molar refractivity (Wildman–Crippen MR) is 90.6 cm³/mol. The Hall–Kier alpha value is -1.44. The van der Waals surface area contributed by atoms with Gasteiger partial charge < -0.3 is 5.32 Å². The summed E-state index contributed by atoms with van der Waals surface area (Å²) in [6.45, 7) is 3.56. The van der Waals surface area contributed by atoms with Crippen LogP contribution in [-0.2, 0) is 21.2 Å². The Kier molecular flexibility index (Phi) is 4.89. The van der Waals surface area contributed by atoms with Gasteiger partial charge in [0.1, 0.15) is 5.54 Å². The van der Waals surface area contributed by atoms with Gasteiger partial charge in [-0.25, -0.2) is 13.1 Å². The number of carbonyl (C=O) groups is 1. The molecule has 1 heterocycles. The molecule has 5 nitrogen and oxygen atoms in total. The molecular formula is C15H20N2O3S2. The van der Waals surface area contributed by atoms with Crippen LogP contribution in [0.15, 0.2) is 29.6 Å². The zero-order valence-corrected chi connectivity index (χ0v) is 14.5. The van der Waals surface area contributed by atoms with Crippen LogP contribution in [0.4, 0.5) is 0 Å². The van der Waals surface area contributed by atoms with Gasteiger partial charge in [0.25, 0.3) is 0 Å². The van der Waals surface area contributed by atoms with Crippen LogP contribution in [-0.4, -0.2) is 32.7 Å². The molecule has 0 saturated heterocycles. The molecule has 0 saturated carbocycles. The van der Waals surface area contributed by atoms with Gasteiger partial charge in [0, 0.05) is 11.2 Å². The van der Waals surface area contributed by atoms with Crippen molar-refractivity contribution in [2.45, 2.75) is 25.8 Å². The van der Waals surface area contributed by atoms with Gasteiger partial charge in [-0.05, 0) is 42.7 Å². The van der Waals surface area contributed by atoms with E-state index >= 15 is 0 Å². The number of fused-ring (bicyclic) bond motifs is 1. The van der Waals surface area contributed by atoms with Crippen molar-refractivity contribution in [3.05, 3.63) is 35.2 Å². The smallest absolute Gasteiger partial charge is 0.240 e. The minimum absolute atomic E-state index is 0.336. The molecule has 0 unspecified atom stereocenters. The van der Waals surface area contributed by atoms with E-state index in [9.17, 15) is 13.2 Å². The van der Waals surface area contributed by atoms with Gasteiger partial charge in [-0.2, -0.15) is 0 Å². The summed E-state index contributed by atoms with van der Waals surface area (Å²) < 4.78 is 26.1. The normalized spacial score (nSPS) is 12.5. The maximum atomic E-state index is 12.1. The van der Waals surface area contributed by atoms with E-state index < -0.39 is 15.6 Å². The second-order valence-electron chi connectivity index (χ2n) is 5.76. The molecule has 1 amide bonds. The molecule has 0 aliphatic rings. The van der Waals surface area contributed by atoms with Crippen LogP contribution in [0.3, 0.4) is 0 Å². The fourth-order valence-electron chi connectivity index (χ4n) is 2.27. The summed E-state index contributed by atoms with van der Waals surface area (Å²) in [6, 6.07) is 8.14. The molecule has 120 valence electrons. The number of hydrogen-bond acceptors (Lipinski definition) is 4. The van der Waals surface area contributed by atoms with Crippen molar-refractivity contribution in [1.82, 2.24) is 10.0 Å². The molecule has 0 radical (unpaired) electrons. The fourth-order valence-corrected chi connectivity index (χ4v) is 4.28. The largest absolute Gasteiger partial charge is 0.354 e. The van der Waals surface area contributed by atoms with E-state index in [0.29, 0.717) is 13.0 Å². The van der Waals surface area contributed by atoms with E-state index in [1.807, 2.05) is 12.1 Å². The Morgan fingerprint density at radius 2 is 1.95 bits per heavy atom. The molecule has 1 aromatic carbocycles. The van der Waals surface area contributed by atoms with Crippen LogP contribution < -0.4 is 10.0 Å². The molecule has 7 heteroatoms. The van der Waals surface area contributed by atoms with Crippen molar-refractivity contribution >= 4 is 37.4 Å². The second-order valence-corrected chi connectivity index (χ2v) is 8.42. The lowest BCUT2D eigenvalue weighted by molar-refractivity contribution is -0.125. The summed E-state index contributed by atoms with van der Waals surface area (Å²) in [5.41, 5.74) is 0.0272. The number of sulfonamides is 1. The first-order valence-electron chi connectivity index (χ1n) is 6.91. The topological polar surface area (TPSA) is 75.3 Å². The minimum atomic E-state index is -3.43. The third kappa shape index (κ3) is 4.28. The summed E-state index contributed by atoms with van der Waals surface area (Å²) in [7, 11) is -3.43. The van der Waals surface area contributed by atoms with E-state index in [4.69, 9.17) is 0 Å². The Labute approximate surface area is 134 Å². The lowest BCUT2D eigenvalue weighted by Gasteiger charge is -2.23. The highest BCUT2D eigenvalue weighted by molar-refractivity contribution is 7.88. The van der Waals surface area contributed by atoms with Gasteiger partial charge in [0.15, 0.2) is 0 Å². The molecule has 0 atom stereocenters. The van der Waals surface area contributed by atoms with Gasteiger partial charge in [0.2, 0.25) is 15.9 Å². The van der Waals surface area contributed by atoms with Gasteiger partial charge in [-0.15, -0.1) is 11.3 Å². The summed E-state index contributed by atoms with van der Waals surface area (Å²) in [5.74, 6) is -0.336. The van der Waals surface area contributed by atoms with Crippen molar-refractivity contribution < 1.29 is 13.2 Å². The summed E-state index contributed by atoms with van der Waals surface area (Å²) >= 11 is 1.68. The van der Waals surface area contributed by atoms with Crippen molar-refractivity contribution in [3.8, 4) is 0 Å². The second kappa shape index (κ2) is 6.36. The van der Waals surface area contributed by atoms with Crippen LogP contribution in [0.2, 0.25) is 0 Å². The summed E-state index contributed by atoms with van der Waals surface area (Å²) in [6.07, 6.45) is 1.75. The number of carbonyl (C=O) groups excluding carboxylic acids is 1. The average Bonchev–Trinajstić information content (AvgIpc) is 2.79. The first-order chi connectivity index (χ1) is 10.2. The number of thiophene rings is 1. The average molecular weight is 340 g/mol. The zero-order chi connectivity index (χ0) is 16.4. The number of amides is 1. The van der Waals surface area contributed by atoms with Gasteiger partial charge in [-0.1, -0.05) is 18.2 Å². The van der Waals surface area contributed by atoms with E-state index in [1.165, 1.54) is 15.6 Å². The van der Waals surface area contributed by atoms with Crippen molar-refractivity contribution in [2.24, 2.45) is 0 Å². The lowest BCUT2D eigenvalue weighted by Crippen LogP contribution is -2.54. The molecule has 22 heavy (non-hydrogen) atoms. The molecular weight excluding hydrogens is 320 g/mol. The van der Waals surface area contributed by atoms with Crippen LogP contribution >= 0.6 is 11.3 Å². The minimum Gasteiger partial charge on any atom is -0.354 e. The van der Waals surface area contributed by atoms with Crippen LogP contribution in [0.25, 0.3) is 10.1 Å². The molecule has 0 spiro atoms. The van der Waals surface area contributed by atoms with Crippen molar-refractivity contribution in [3.63, 3.8) is 0 Å². The third-order valence-corrected chi connectivity index (χ3v) is 5.14. The standard InChI is InChI=1S/C15H20N2O3S2/c1-15(2,17-22(3,19)20)14(18)16-9-8-11-10-21-13-7-5-4-6-12(11)13/h4-7,10,17H,8-9H2,1-3H3,(H,16,18). The summed E-state index contributed by atoms with van der Waals surface area (Å²) in [4.78, 5) is 12.1. The van der Waals surface area contributed by atoms with Gasteiger partial charge >= 0.3 is 0 Å². The first kappa shape index (κ1) is 16.9. The van der Waals surface area contributed by atoms with Crippen LogP contribution in [0, 0.1) is 0 Å². The van der Waals surface area contributed by atoms with Gasteiger partial charge in [0.05, 0.1) is 6.26 Å². The Morgan fingerprint density at radius 1 is 1.27 bits per heavy atom. The summed E-state index contributed by atoms with van der Waals surface area (Å²) in [5, 5.41) is 6.09. The molecule has 0 aliphatic heterocycles. The molecule has 2 rings (SSSR count). The zero-order valence-electron chi connectivity index (χ0n) is 12.8.